The quantitative estimate of drug-likeness (QED) is 0.441. The highest BCUT2D eigenvalue weighted by molar-refractivity contribution is 6.30. The average Bonchev–Trinajstić information content (AvgIpc) is 3.20. The molecule has 4 rings (SSSR count). The van der Waals surface area contributed by atoms with Crippen molar-refractivity contribution in [3.63, 3.8) is 0 Å². The van der Waals surface area contributed by atoms with Gasteiger partial charge in [-0.15, -0.1) is 0 Å². The monoisotopic (exact) mass is 436 g/mol. The Morgan fingerprint density at radius 2 is 1.65 bits per heavy atom. The number of fused-ring (bicyclic) bond motifs is 1. The lowest BCUT2D eigenvalue weighted by molar-refractivity contribution is 0.491. The third-order valence-electron chi connectivity index (χ3n) is 5.57. The van der Waals surface area contributed by atoms with Crippen molar-refractivity contribution in [1.29, 1.82) is 0 Å². The molecule has 2 aromatic carbocycles. The minimum atomic E-state index is -0.391. The van der Waals surface area contributed by atoms with Gasteiger partial charge in [0, 0.05) is 11.6 Å². The van der Waals surface area contributed by atoms with Crippen molar-refractivity contribution in [1.82, 2.24) is 18.7 Å². The molecule has 0 aliphatic rings. The SMILES string of the molecule is CC(C)CCn1c(=O)c2c(ncn2[C@@H](C)c2ccccc2)n(-c2ccc(Cl)cc2)c1=O. The second kappa shape index (κ2) is 8.55. The molecule has 31 heavy (non-hydrogen) atoms. The van der Waals surface area contributed by atoms with Gasteiger partial charge in [0.1, 0.15) is 0 Å². The van der Waals surface area contributed by atoms with E-state index in [0.29, 0.717) is 34.3 Å². The van der Waals surface area contributed by atoms with Crippen molar-refractivity contribution in [3.8, 4) is 5.69 Å². The Morgan fingerprint density at radius 3 is 2.29 bits per heavy atom. The number of rotatable bonds is 6. The lowest BCUT2D eigenvalue weighted by Gasteiger charge is -2.17. The van der Waals surface area contributed by atoms with Crippen LogP contribution in [0, 0.1) is 5.92 Å². The van der Waals surface area contributed by atoms with Gasteiger partial charge in [0.05, 0.1) is 18.1 Å². The van der Waals surface area contributed by atoms with E-state index < -0.39 is 5.69 Å². The van der Waals surface area contributed by atoms with Gasteiger partial charge in [-0.25, -0.2) is 14.3 Å². The van der Waals surface area contributed by atoms with E-state index in [9.17, 15) is 9.59 Å². The molecular formula is C24H25ClN4O2. The molecule has 0 saturated carbocycles. The largest absolute Gasteiger partial charge is 0.337 e. The van der Waals surface area contributed by atoms with Crippen molar-refractivity contribution < 1.29 is 0 Å². The van der Waals surface area contributed by atoms with Gasteiger partial charge in [-0.05, 0) is 49.1 Å². The molecule has 0 saturated heterocycles. The van der Waals surface area contributed by atoms with Gasteiger partial charge in [0.25, 0.3) is 5.56 Å². The number of hydrogen-bond donors (Lipinski definition) is 0. The summed E-state index contributed by atoms with van der Waals surface area (Å²) in [7, 11) is 0. The van der Waals surface area contributed by atoms with Crippen molar-refractivity contribution in [3.05, 3.63) is 92.3 Å². The van der Waals surface area contributed by atoms with Crippen LogP contribution in [-0.4, -0.2) is 18.7 Å². The second-order valence-corrected chi connectivity index (χ2v) is 8.58. The Bertz CT molecular complexity index is 1320. The molecule has 0 radical (unpaired) electrons. The average molecular weight is 437 g/mol. The highest BCUT2D eigenvalue weighted by atomic mass is 35.5. The summed E-state index contributed by atoms with van der Waals surface area (Å²) in [4.78, 5) is 31.4. The lowest BCUT2D eigenvalue weighted by atomic mass is 10.1. The Labute approximate surface area is 185 Å². The number of nitrogens with zero attached hydrogens (tertiary/aromatic N) is 4. The fourth-order valence-corrected chi connectivity index (χ4v) is 3.87. The minimum absolute atomic E-state index is 0.117. The van der Waals surface area contributed by atoms with E-state index in [0.717, 1.165) is 12.0 Å². The summed E-state index contributed by atoms with van der Waals surface area (Å²) in [6.45, 7) is 6.52. The summed E-state index contributed by atoms with van der Waals surface area (Å²) in [5.41, 5.74) is 1.73. The maximum atomic E-state index is 13.5. The maximum absolute atomic E-state index is 13.5. The molecule has 0 spiro atoms. The second-order valence-electron chi connectivity index (χ2n) is 8.14. The zero-order valence-electron chi connectivity index (χ0n) is 17.8. The highest BCUT2D eigenvalue weighted by Crippen LogP contribution is 2.22. The molecule has 0 bridgehead atoms. The Hall–Kier alpha value is -3.12. The van der Waals surface area contributed by atoms with Crippen LogP contribution < -0.4 is 11.2 Å². The normalized spacial score (nSPS) is 12.5. The van der Waals surface area contributed by atoms with Gasteiger partial charge in [0.15, 0.2) is 11.2 Å². The Kier molecular flexibility index (Phi) is 5.83. The molecule has 1 atom stereocenters. The van der Waals surface area contributed by atoms with Crippen LogP contribution in [0.4, 0.5) is 0 Å². The Balaban J connectivity index is 2.00. The molecule has 0 N–H and O–H groups in total. The number of benzene rings is 2. The topological polar surface area (TPSA) is 61.8 Å². The van der Waals surface area contributed by atoms with Crippen LogP contribution in [0.2, 0.25) is 5.02 Å². The first kappa shape index (κ1) is 21.1. The number of aromatic nitrogens is 4. The first-order valence-electron chi connectivity index (χ1n) is 10.4. The summed E-state index contributed by atoms with van der Waals surface area (Å²) in [5.74, 6) is 0.360. The third kappa shape index (κ3) is 3.95. The molecule has 2 heterocycles. The molecule has 0 aliphatic carbocycles. The van der Waals surface area contributed by atoms with Crippen LogP contribution in [0.1, 0.15) is 38.8 Å². The molecule has 0 fully saturated rings. The summed E-state index contributed by atoms with van der Waals surface area (Å²) in [6.07, 6.45) is 2.37. The van der Waals surface area contributed by atoms with E-state index in [1.807, 2.05) is 41.8 Å². The number of halogens is 1. The molecule has 7 heteroatoms. The van der Waals surface area contributed by atoms with Gasteiger partial charge < -0.3 is 4.57 Å². The number of imidazole rings is 1. The van der Waals surface area contributed by atoms with Crippen LogP contribution in [0.5, 0.6) is 0 Å². The van der Waals surface area contributed by atoms with Gasteiger partial charge in [-0.1, -0.05) is 55.8 Å². The van der Waals surface area contributed by atoms with Gasteiger partial charge >= 0.3 is 5.69 Å². The zero-order valence-corrected chi connectivity index (χ0v) is 18.6. The summed E-state index contributed by atoms with van der Waals surface area (Å²) in [5, 5.41) is 0.574. The molecule has 160 valence electrons. The molecule has 0 unspecified atom stereocenters. The third-order valence-corrected chi connectivity index (χ3v) is 5.82. The molecule has 4 aromatic rings. The van der Waals surface area contributed by atoms with Gasteiger partial charge in [0.2, 0.25) is 0 Å². The molecule has 0 aliphatic heterocycles. The van der Waals surface area contributed by atoms with Gasteiger partial charge in [-0.3, -0.25) is 9.36 Å². The first-order chi connectivity index (χ1) is 14.9. The summed E-state index contributed by atoms with van der Waals surface area (Å²) < 4.78 is 4.68. The van der Waals surface area contributed by atoms with Gasteiger partial charge in [-0.2, -0.15) is 0 Å². The van der Waals surface area contributed by atoms with E-state index in [4.69, 9.17) is 11.6 Å². The van der Waals surface area contributed by atoms with E-state index in [1.165, 1.54) is 9.13 Å². The van der Waals surface area contributed by atoms with Crippen molar-refractivity contribution in [2.75, 3.05) is 0 Å². The summed E-state index contributed by atoms with van der Waals surface area (Å²) >= 11 is 6.05. The van der Waals surface area contributed by atoms with Crippen LogP contribution in [0.3, 0.4) is 0 Å². The molecule has 2 aromatic heterocycles. The maximum Gasteiger partial charge on any atom is 0.337 e. The smallest absolute Gasteiger partial charge is 0.317 e. The number of hydrogen-bond acceptors (Lipinski definition) is 3. The van der Waals surface area contributed by atoms with Crippen LogP contribution in [0.25, 0.3) is 16.9 Å². The van der Waals surface area contributed by atoms with Crippen LogP contribution in [0.15, 0.2) is 70.5 Å². The minimum Gasteiger partial charge on any atom is -0.317 e. The molecule has 0 amide bonds. The fourth-order valence-electron chi connectivity index (χ4n) is 3.74. The predicted molar refractivity (Wildman–Crippen MR) is 124 cm³/mol. The highest BCUT2D eigenvalue weighted by Gasteiger charge is 2.22. The predicted octanol–water partition coefficient (Wildman–Crippen LogP) is 4.66. The van der Waals surface area contributed by atoms with Crippen molar-refractivity contribution >= 4 is 22.8 Å². The lowest BCUT2D eigenvalue weighted by Crippen LogP contribution is -2.40. The molecule has 6 nitrogen and oxygen atoms in total. The van der Waals surface area contributed by atoms with E-state index in [1.54, 1.807) is 30.6 Å². The Morgan fingerprint density at radius 1 is 0.968 bits per heavy atom. The van der Waals surface area contributed by atoms with Crippen molar-refractivity contribution in [2.24, 2.45) is 5.92 Å². The van der Waals surface area contributed by atoms with Crippen LogP contribution >= 0.6 is 11.6 Å². The van der Waals surface area contributed by atoms with Crippen LogP contribution in [-0.2, 0) is 6.54 Å². The van der Waals surface area contributed by atoms with Crippen molar-refractivity contribution in [2.45, 2.75) is 39.8 Å². The zero-order chi connectivity index (χ0) is 22.1. The fraction of sp³-hybridized carbons (Fsp3) is 0.292. The van der Waals surface area contributed by atoms with E-state index in [2.05, 4.69) is 18.8 Å². The van der Waals surface area contributed by atoms with E-state index in [-0.39, 0.29) is 11.6 Å². The standard InChI is InChI=1S/C24H25ClN4O2/c1-16(2)13-14-27-23(30)21-22(29(24(27)31)20-11-9-19(25)10-12-20)26-15-28(21)17(3)18-7-5-4-6-8-18/h4-12,15-17H,13-14H2,1-3H3/t17-/m0/s1. The summed E-state index contributed by atoms with van der Waals surface area (Å²) in [6, 6.07) is 16.8. The molecular weight excluding hydrogens is 412 g/mol. The first-order valence-corrected chi connectivity index (χ1v) is 10.8. The van der Waals surface area contributed by atoms with E-state index >= 15 is 0 Å².